The predicted octanol–water partition coefficient (Wildman–Crippen LogP) is 5.75. The topological polar surface area (TPSA) is 30.5 Å². The number of halogens is 2. The molecule has 0 atom stereocenters. The van der Waals surface area contributed by atoms with E-state index in [-0.39, 0.29) is 5.82 Å². The van der Waals surface area contributed by atoms with E-state index >= 15 is 0 Å². The van der Waals surface area contributed by atoms with E-state index in [0.29, 0.717) is 42.8 Å². The quantitative estimate of drug-likeness (QED) is 0.497. The van der Waals surface area contributed by atoms with Crippen LogP contribution in [-0.4, -0.2) is 6.61 Å². The van der Waals surface area contributed by atoms with Gasteiger partial charge in [-0.1, -0.05) is 48.0 Å². The summed E-state index contributed by atoms with van der Waals surface area (Å²) < 4.78 is 24.6. The zero-order valence-corrected chi connectivity index (χ0v) is 16.5. The fourth-order valence-electron chi connectivity index (χ4n) is 2.77. The molecule has 28 heavy (non-hydrogen) atoms. The van der Waals surface area contributed by atoms with Crippen molar-refractivity contribution in [1.82, 2.24) is 5.32 Å². The van der Waals surface area contributed by atoms with Crippen LogP contribution in [0, 0.1) is 5.82 Å². The Hall–Kier alpha value is -2.56. The molecule has 0 heterocycles. The van der Waals surface area contributed by atoms with E-state index in [0.717, 1.165) is 16.7 Å². The first-order valence-corrected chi connectivity index (χ1v) is 9.60. The van der Waals surface area contributed by atoms with Gasteiger partial charge >= 0.3 is 0 Å². The van der Waals surface area contributed by atoms with E-state index in [9.17, 15) is 4.39 Å². The van der Waals surface area contributed by atoms with Gasteiger partial charge in [-0.3, -0.25) is 0 Å². The molecule has 3 aromatic rings. The van der Waals surface area contributed by atoms with Crippen molar-refractivity contribution in [2.75, 3.05) is 6.61 Å². The van der Waals surface area contributed by atoms with Gasteiger partial charge in [0.2, 0.25) is 0 Å². The van der Waals surface area contributed by atoms with E-state index in [1.165, 1.54) is 12.1 Å². The molecule has 0 aromatic heterocycles. The van der Waals surface area contributed by atoms with Crippen LogP contribution in [0.5, 0.6) is 11.5 Å². The van der Waals surface area contributed by atoms with Gasteiger partial charge in [0.05, 0.1) is 6.61 Å². The molecule has 146 valence electrons. The summed E-state index contributed by atoms with van der Waals surface area (Å²) in [6, 6.07) is 20.0. The fraction of sp³-hybridized carbons (Fsp3) is 0.217. The molecule has 0 spiro atoms. The van der Waals surface area contributed by atoms with Crippen molar-refractivity contribution in [2.45, 2.75) is 26.6 Å². The first kappa shape index (κ1) is 20.2. The lowest BCUT2D eigenvalue weighted by Gasteiger charge is -2.14. The van der Waals surface area contributed by atoms with Crippen molar-refractivity contribution < 1.29 is 13.9 Å². The monoisotopic (exact) mass is 399 g/mol. The second-order valence-corrected chi connectivity index (χ2v) is 6.73. The molecule has 0 radical (unpaired) electrons. The lowest BCUT2D eigenvalue weighted by Crippen LogP contribution is -2.13. The number of rotatable bonds is 9. The van der Waals surface area contributed by atoms with Crippen molar-refractivity contribution >= 4 is 11.6 Å². The van der Waals surface area contributed by atoms with Gasteiger partial charge < -0.3 is 14.8 Å². The minimum atomic E-state index is -0.225. The van der Waals surface area contributed by atoms with Crippen molar-refractivity contribution in [1.29, 1.82) is 0 Å². The van der Waals surface area contributed by atoms with Gasteiger partial charge in [0.25, 0.3) is 0 Å². The molecular weight excluding hydrogens is 377 g/mol. The van der Waals surface area contributed by atoms with Crippen molar-refractivity contribution in [3.05, 3.63) is 94.3 Å². The minimum Gasteiger partial charge on any atom is -0.490 e. The summed E-state index contributed by atoms with van der Waals surface area (Å²) in [7, 11) is 0. The zero-order chi connectivity index (χ0) is 19.8. The maximum atomic E-state index is 13.0. The second kappa shape index (κ2) is 10.1. The summed E-state index contributed by atoms with van der Waals surface area (Å²) in [5, 5.41) is 4.04. The third-order valence-electron chi connectivity index (χ3n) is 4.22. The summed E-state index contributed by atoms with van der Waals surface area (Å²) in [6.07, 6.45) is 0. The smallest absolute Gasteiger partial charge is 0.161 e. The van der Waals surface area contributed by atoms with Gasteiger partial charge in [0, 0.05) is 23.7 Å². The third-order valence-corrected chi connectivity index (χ3v) is 4.59. The van der Waals surface area contributed by atoms with Crippen LogP contribution in [0.15, 0.2) is 66.7 Å². The highest BCUT2D eigenvalue weighted by Gasteiger charge is 2.08. The maximum absolute atomic E-state index is 13.0. The Balaban J connectivity index is 1.61. The van der Waals surface area contributed by atoms with Crippen LogP contribution in [0.1, 0.15) is 23.6 Å². The molecule has 3 nitrogen and oxygen atoms in total. The Morgan fingerprint density at radius 1 is 0.857 bits per heavy atom. The Kier molecular flexibility index (Phi) is 7.29. The number of nitrogens with one attached hydrogen (secondary N) is 1. The molecule has 3 rings (SSSR count). The van der Waals surface area contributed by atoms with E-state index in [4.69, 9.17) is 21.1 Å². The van der Waals surface area contributed by atoms with Crippen LogP contribution < -0.4 is 14.8 Å². The van der Waals surface area contributed by atoms with Gasteiger partial charge in [-0.2, -0.15) is 0 Å². The third kappa shape index (κ3) is 5.72. The largest absolute Gasteiger partial charge is 0.490 e. The van der Waals surface area contributed by atoms with E-state index < -0.39 is 0 Å². The second-order valence-electron chi connectivity index (χ2n) is 6.32. The van der Waals surface area contributed by atoms with Gasteiger partial charge in [-0.05, 0) is 48.4 Å². The average Bonchev–Trinajstić information content (AvgIpc) is 2.70. The van der Waals surface area contributed by atoms with E-state index in [2.05, 4.69) is 5.32 Å². The first-order valence-electron chi connectivity index (χ1n) is 9.23. The molecule has 1 N–H and O–H groups in total. The summed E-state index contributed by atoms with van der Waals surface area (Å²) in [4.78, 5) is 0. The highest BCUT2D eigenvalue weighted by Crippen LogP contribution is 2.30. The van der Waals surface area contributed by atoms with Gasteiger partial charge in [-0.15, -0.1) is 0 Å². The zero-order valence-electron chi connectivity index (χ0n) is 15.8. The SMILES string of the molecule is CCOc1cc(CNCc2ccc(F)cc2)ccc1OCc1ccccc1Cl. The average molecular weight is 400 g/mol. The predicted molar refractivity (Wildman–Crippen MR) is 110 cm³/mol. The summed E-state index contributed by atoms with van der Waals surface area (Å²) in [5.41, 5.74) is 3.04. The van der Waals surface area contributed by atoms with Crippen LogP contribution in [0.3, 0.4) is 0 Å². The molecule has 3 aromatic carbocycles. The Morgan fingerprint density at radius 2 is 1.57 bits per heavy atom. The van der Waals surface area contributed by atoms with E-state index in [1.54, 1.807) is 12.1 Å². The Labute approximate surface area is 170 Å². The number of benzene rings is 3. The molecule has 0 saturated carbocycles. The molecule has 0 bridgehead atoms. The van der Waals surface area contributed by atoms with Gasteiger partial charge in [0.15, 0.2) is 11.5 Å². The normalized spacial score (nSPS) is 10.7. The molecule has 0 unspecified atom stereocenters. The molecule has 0 fully saturated rings. The van der Waals surface area contributed by atoms with Crippen LogP contribution in [0.2, 0.25) is 5.02 Å². The van der Waals surface area contributed by atoms with Crippen LogP contribution >= 0.6 is 11.6 Å². The first-order chi connectivity index (χ1) is 13.7. The van der Waals surface area contributed by atoms with Crippen molar-refractivity contribution in [3.8, 4) is 11.5 Å². The molecule has 5 heteroatoms. The van der Waals surface area contributed by atoms with Crippen LogP contribution in [-0.2, 0) is 19.7 Å². The highest BCUT2D eigenvalue weighted by atomic mass is 35.5. The molecule has 0 aliphatic heterocycles. The molecule has 0 amide bonds. The lowest BCUT2D eigenvalue weighted by molar-refractivity contribution is 0.269. The molecule has 0 saturated heterocycles. The molecular formula is C23H23ClFNO2. The Bertz CT molecular complexity index is 899. The maximum Gasteiger partial charge on any atom is 0.161 e. The van der Waals surface area contributed by atoms with Crippen molar-refractivity contribution in [2.24, 2.45) is 0 Å². The minimum absolute atomic E-state index is 0.225. The van der Waals surface area contributed by atoms with Crippen LogP contribution in [0.25, 0.3) is 0 Å². The summed E-state index contributed by atoms with van der Waals surface area (Å²) in [5.74, 6) is 1.16. The Morgan fingerprint density at radius 3 is 2.32 bits per heavy atom. The number of ether oxygens (including phenoxy) is 2. The van der Waals surface area contributed by atoms with Crippen molar-refractivity contribution in [3.63, 3.8) is 0 Å². The lowest BCUT2D eigenvalue weighted by atomic mass is 10.1. The highest BCUT2D eigenvalue weighted by molar-refractivity contribution is 6.31. The standard InChI is InChI=1S/C23H23ClFNO2/c1-2-27-23-13-18(15-26-14-17-7-10-20(25)11-8-17)9-12-22(23)28-16-19-5-3-4-6-21(19)24/h3-13,26H,2,14-16H2,1H3. The summed E-state index contributed by atoms with van der Waals surface area (Å²) >= 11 is 6.19. The molecule has 0 aliphatic carbocycles. The fourth-order valence-corrected chi connectivity index (χ4v) is 2.96. The van der Waals surface area contributed by atoms with E-state index in [1.807, 2.05) is 49.4 Å². The molecule has 0 aliphatic rings. The van der Waals surface area contributed by atoms with Crippen LogP contribution in [0.4, 0.5) is 4.39 Å². The summed E-state index contributed by atoms with van der Waals surface area (Å²) in [6.45, 7) is 4.20. The number of hydrogen-bond acceptors (Lipinski definition) is 3. The van der Waals surface area contributed by atoms with Gasteiger partial charge in [0.1, 0.15) is 12.4 Å². The number of hydrogen-bond donors (Lipinski definition) is 1. The van der Waals surface area contributed by atoms with Gasteiger partial charge in [-0.25, -0.2) is 4.39 Å².